The van der Waals surface area contributed by atoms with Gasteiger partial charge in [0.1, 0.15) is 5.75 Å². The summed E-state index contributed by atoms with van der Waals surface area (Å²) < 4.78 is 5.25. The molecule has 0 unspecified atom stereocenters. The van der Waals surface area contributed by atoms with Gasteiger partial charge in [-0.2, -0.15) is 0 Å². The topological polar surface area (TPSA) is 58.6 Å². The van der Waals surface area contributed by atoms with Crippen molar-refractivity contribution in [3.05, 3.63) is 29.3 Å². The van der Waals surface area contributed by atoms with E-state index >= 15 is 0 Å². The van der Waals surface area contributed by atoms with Gasteiger partial charge in [0.15, 0.2) is 0 Å². The second-order valence-corrected chi connectivity index (χ2v) is 4.63. The third-order valence-electron chi connectivity index (χ3n) is 2.94. The van der Waals surface area contributed by atoms with Gasteiger partial charge in [-0.3, -0.25) is 4.79 Å². The first kappa shape index (κ1) is 15.5. The molecule has 19 heavy (non-hydrogen) atoms. The number of methoxy groups -OCH3 is 1. The smallest absolute Gasteiger partial charge is 0.224 e. The van der Waals surface area contributed by atoms with E-state index in [1.807, 2.05) is 25.1 Å². The number of benzene rings is 1. The molecular formula is C15H23NO3. The van der Waals surface area contributed by atoms with Crippen LogP contribution in [0.25, 0.3) is 0 Å². The Morgan fingerprint density at radius 3 is 2.79 bits per heavy atom. The van der Waals surface area contributed by atoms with Crippen LogP contribution in [0.3, 0.4) is 0 Å². The molecule has 0 saturated carbocycles. The number of ether oxygens (including phenoxy) is 1. The van der Waals surface area contributed by atoms with Gasteiger partial charge in [0.2, 0.25) is 5.91 Å². The standard InChI is InChI=1S/C15H23NO3/c1-12-6-7-14(19-2)13(10-12)11-15(18)16-8-4-3-5-9-17/h6-7,10,17H,3-5,8-9,11H2,1-2H3,(H,16,18). The average molecular weight is 265 g/mol. The number of amides is 1. The maximum Gasteiger partial charge on any atom is 0.224 e. The van der Waals surface area contributed by atoms with Crippen molar-refractivity contribution in [3.63, 3.8) is 0 Å². The second-order valence-electron chi connectivity index (χ2n) is 4.63. The number of rotatable bonds is 8. The summed E-state index contributed by atoms with van der Waals surface area (Å²) in [5.41, 5.74) is 2.03. The van der Waals surface area contributed by atoms with Crippen LogP contribution in [0.15, 0.2) is 18.2 Å². The van der Waals surface area contributed by atoms with Crippen molar-refractivity contribution in [2.24, 2.45) is 0 Å². The fraction of sp³-hybridized carbons (Fsp3) is 0.533. The van der Waals surface area contributed by atoms with Crippen LogP contribution in [-0.2, 0) is 11.2 Å². The second kappa shape index (κ2) is 8.53. The highest BCUT2D eigenvalue weighted by Crippen LogP contribution is 2.19. The summed E-state index contributed by atoms with van der Waals surface area (Å²) in [6, 6.07) is 5.83. The Balaban J connectivity index is 2.41. The molecule has 0 atom stereocenters. The molecule has 1 aromatic rings. The summed E-state index contributed by atoms with van der Waals surface area (Å²) in [6.45, 7) is 2.87. The number of unbranched alkanes of at least 4 members (excludes halogenated alkanes) is 2. The van der Waals surface area contributed by atoms with Crippen LogP contribution < -0.4 is 10.1 Å². The molecule has 0 aromatic heterocycles. The predicted molar refractivity (Wildman–Crippen MR) is 75.4 cm³/mol. The number of carbonyl (C=O) groups is 1. The molecule has 0 radical (unpaired) electrons. The van der Waals surface area contributed by atoms with E-state index in [0.29, 0.717) is 13.0 Å². The summed E-state index contributed by atoms with van der Waals surface area (Å²) >= 11 is 0. The summed E-state index contributed by atoms with van der Waals surface area (Å²) in [5.74, 6) is 0.758. The SMILES string of the molecule is COc1ccc(C)cc1CC(=O)NCCCCCO. The molecule has 4 heteroatoms. The van der Waals surface area contributed by atoms with E-state index < -0.39 is 0 Å². The molecule has 0 aliphatic heterocycles. The quantitative estimate of drug-likeness (QED) is 0.705. The third kappa shape index (κ3) is 5.75. The van der Waals surface area contributed by atoms with Gasteiger partial charge in [-0.05, 0) is 32.3 Å². The van der Waals surface area contributed by atoms with Gasteiger partial charge in [0.25, 0.3) is 0 Å². The molecular weight excluding hydrogens is 242 g/mol. The van der Waals surface area contributed by atoms with Crippen LogP contribution in [0.5, 0.6) is 5.75 Å². The number of nitrogens with one attached hydrogen (secondary N) is 1. The van der Waals surface area contributed by atoms with Gasteiger partial charge in [-0.15, -0.1) is 0 Å². The van der Waals surface area contributed by atoms with E-state index in [2.05, 4.69) is 5.32 Å². The minimum Gasteiger partial charge on any atom is -0.496 e. The molecule has 2 N–H and O–H groups in total. The molecule has 106 valence electrons. The van der Waals surface area contributed by atoms with Crippen LogP contribution in [0.2, 0.25) is 0 Å². The van der Waals surface area contributed by atoms with Crippen molar-refractivity contribution in [2.45, 2.75) is 32.6 Å². The van der Waals surface area contributed by atoms with Crippen molar-refractivity contribution < 1.29 is 14.6 Å². The molecule has 0 bridgehead atoms. The number of aliphatic hydroxyl groups excluding tert-OH is 1. The zero-order valence-corrected chi connectivity index (χ0v) is 11.7. The molecule has 0 spiro atoms. The fourth-order valence-corrected chi connectivity index (χ4v) is 1.92. The van der Waals surface area contributed by atoms with E-state index in [0.717, 1.165) is 36.1 Å². The highest BCUT2D eigenvalue weighted by Gasteiger charge is 2.08. The molecule has 1 amide bonds. The Hall–Kier alpha value is -1.55. The lowest BCUT2D eigenvalue weighted by atomic mass is 10.1. The molecule has 0 heterocycles. The largest absolute Gasteiger partial charge is 0.496 e. The third-order valence-corrected chi connectivity index (χ3v) is 2.94. The Bertz CT molecular complexity index is 404. The van der Waals surface area contributed by atoms with Crippen LogP contribution in [0.4, 0.5) is 0 Å². The van der Waals surface area contributed by atoms with Crippen molar-refractivity contribution >= 4 is 5.91 Å². The molecule has 1 rings (SSSR count). The first-order valence-electron chi connectivity index (χ1n) is 6.68. The number of carbonyl (C=O) groups excluding carboxylic acids is 1. The summed E-state index contributed by atoms with van der Waals surface area (Å²) in [4.78, 5) is 11.8. The molecule has 1 aromatic carbocycles. The summed E-state index contributed by atoms with van der Waals surface area (Å²) in [7, 11) is 1.61. The number of hydrogen-bond acceptors (Lipinski definition) is 3. The van der Waals surface area contributed by atoms with Gasteiger partial charge >= 0.3 is 0 Å². The van der Waals surface area contributed by atoms with E-state index in [4.69, 9.17) is 9.84 Å². The van der Waals surface area contributed by atoms with Crippen molar-refractivity contribution in [3.8, 4) is 5.75 Å². The highest BCUT2D eigenvalue weighted by atomic mass is 16.5. The maximum absolute atomic E-state index is 11.8. The molecule has 4 nitrogen and oxygen atoms in total. The van der Waals surface area contributed by atoms with Crippen LogP contribution in [-0.4, -0.2) is 31.3 Å². The zero-order chi connectivity index (χ0) is 14.1. The summed E-state index contributed by atoms with van der Waals surface area (Å²) in [6.07, 6.45) is 2.97. The first-order valence-corrected chi connectivity index (χ1v) is 6.68. The lowest BCUT2D eigenvalue weighted by Crippen LogP contribution is -2.26. The molecule has 0 saturated heterocycles. The van der Waals surface area contributed by atoms with Crippen LogP contribution in [0, 0.1) is 6.92 Å². The first-order chi connectivity index (χ1) is 9.17. The Labute approximate surface area is 114 Å². The minimum atomic E-state index is 0.00731. The Morgan fingerprint density at radius 2 is 2.11 bits per heavy atom. The van der Waals surface area contributed by atoms with Gasteiger partial charge in [0.05, 0.1) is 13.5 Å². The average Bonchev–Trinajstić information content (AvgIpc) is 2.39. The number of aryl methyl sites for hydroxylation is 1. The summed E-state index contributed by atoms with van der Waals surface area (Å²) in [5, 5.41) is 11.5. The van der Waals surface area contributed by atoms with Crippen molar-refractivity contribution in [2.75, 3.05) is 20.3 Å². The number of aliphatic hydroxyl groups is 1. The van der Waals surface area contributed by atoms with Crippen LogP contribution in [0.1, 0.15) is 30.4 Å². The van der Waals surface area contributed by atoms with E-state index in [1.165, 1.54) is 0 Å². The maximum atomic E-state index is 11.8. The highest BCUT2D eigenvalue weighted by molar-refractivity contribution is 5.79. The van der Waals surface area contributed by atoms with Crippen molar-refractivity contribution in [1.29, 1.82) is 0 Å². The predicted octanol–water partition coefficient (Wildman–Crippen LogP) is 1.82. The molecule has 0 aliphatic rings. The Morgan fingerprint density at radius 1 is 1.32 bits per heavy atom. The van der Waals surface area contributed by atoms with Gasteiger partial charge < -0.3 is 15.2 Å². The van der Waals surface area contributed by atoms with Crippen LogP contribution >= 0.6 is 0 Å². The lowest BCUT2D eigenvalue weighted by molar-refractivity contribution is -0.120. The monoisotopic (exact) mass is 265 g/mol. The van der Waals surface area contributed by atoms with E-state index in [9.17, 15) is 4.79 Å². The Kier molecular flexibility index (Phi) is 6.97. The van der Waals surface area contributed by atoms with E-state index in [-0.39, 0.29) is 12.5 Å². The van der Waals surface area contributed by atoms with Gasteiger partial charge in [0, 0.05) is 18.7 Å². The zero-order valence-electron chi connectivity index (χ0n) is 11.7. The van der Waals surface area contributed by atoms with Gasteiger partial charge in [-0.1, -0.05) is 17.7 Å². The fourth-order valence-electron chi connectivity index (χ4n) is 1.92. The van der Waals surface area contributed by atoms with Crippen molar-refractivity contribution in [1.82, 2.24) is 5.32 Å². The van der Waals surface area contributed by atoms with Gasteiger partial charge in [-0.25, -0.2) is 0 Å². The number of hydrogen-bond donors (Lipinski definition) is 2. The lowest BCUT2D eigenvalue weighted by Gasteiger charge is -2.10. The van der Waals surface area contributed by atoms with E-state index in [1.54, 1.807) is 7.11 Å². The normalized spacial score (nSPS) is 10.3. The minimum absolute atomic E-state index is 0.00731. The molecule has 0 aliphatic carbocycles. The molecule has 0 fully saturated rings.